The number of rotatable bonds is 8. The maximum absolute atomic E-state index is 7.82. The molecule has 15 aromatic carbocycles. The molecule has 0 saturated heterocycles. The second-order valence-electron chi connectivity index (χ2n) is 29.0. The minimum Gasteiger partial charge on any atom is -0.458 e. The van der Waals surface area contributed by atoms with Gasteiger partial charge in [-0.2, -0.15) is 0 Å². The van der Waals surface area contributed by atoms with Gasteiger partial charge in [0.25, 0.3) is 13.4 Å². The highest BCUT2D eigenvalue weighted by atomic mass is 32.2. The van der Waals surface area contributed by atoms with E-state index >= 15 is 0 Å². The number of nitrogens with zero attached hydrogens (tertiary/aromatic N) is 4. The Bertz CT molecular complexity index is 5830. The van der Waals surface area contributed by atoms with E-state index in [1.54, 1.807) is 0 Å². The van der Waals surface area contributed by atoms with Crippen LogP contribution in [-0.4, -0.2) is 13.4 Å². The number of para-hydroxylation sites is 7. The molecule has 5 nitrogen and oxygen atoms in total. The van der Waals surface area contributed by atoms with Crippen LogP contribution >= 0.6 is 11.8 Å². The number of anilines is 12. The van der Waals surface area contributed by atoms with Gasteiger partial charge in [-0.05, 0) is 179 Å². The zero-order valence-corrected chi connectivity index (χ0v) is 58.0. The molecular formula is C95H66B2N4OS. The molecule has 8 heteroatoms. The molecule has 0 amide bonds. The Labute approximate surface area is 606 Å². The van der Waals surface area contributed by atoms with Crippen molar-refractivity contribution in [1.82, 2.24) is 0 Å². The van der Waals surface area contributed by atoms with Crippen LogP contribution in [0.3, 0.4) is 0 Å². The highest BCUT2D eigenvalue weighted by Gasteiger charge is 2.54. The van der Waals surface area contributed by atoms with Crippen molar-refractivity contribution in [2.24, 2.45) is 0 Å². The summed E-state index contributed by atoms with van der Waals surface area (Å²) in [5.74, 6) is 1.70. The molecule has 0 saturated carbocycles. The molecule has 15 aromatic rings. The van der Waals surface area contributed by atoms with Gasteiger partial charge in [-0.3, -0.25) is 0 Å². The van der Waals surface area contributed by atoms with Crippen molar-refractivity contribution in [2.75, 3.05) is 19.6 Å². The minimum atomic E-state index is -0.790. The fourth-order valence-corrected chi connectivity index (χ4v) is 19.3. The van der Waals surface area contributed by atoms with E-state index in [9.17, 15) is 0 Å². The molecule has 1 aliphatic carbocycles. The fraction of sp³-hybridized carbons (Fsp3) is 0.0526. The molecule has 484 valence electrons. The van der Waals surface area contributed by atoms with E-state index < -0.39 is 5.41 Å². The van der Waals surface area contributed by atoms with Crippen LogP contribution in [0.1, 0.15) is 48.6 Å². The van der Waals surface area contributed by atoms with E-state index in [4.69, 9.17) is 4.74 Å². The summed E-state index contributed by atoms with van der Waals surface area (Å²) in [7, 11) is 0. The molecule has 5 heterocycles. The van der Waals surface area contributed by atoms with Crippen LogP contribution in [0.2, 0.25) is 0 Å². The lowest BCUT2D eigenvalue weighted by Gasteiger charge is -2.47. The second kappa shape index (κ2) is 22.9. The molecule has 1 spiro atoms. The van der Waals surface area contributed by atoms with E-state index in [1.807, 2.05) is 11.8 Å². The van der Waals surface area contributed by atoms with Crippen LogP contribution in [0.25, 0.3) is 33.4 Å². The monoisotopic (exact) mass is 1330 g/mol. The summed E-state index contributed by atoms with van der Waals surface area (Å²) in [5.41, 5.74) is 33.3. The van der Waals surface area contributed by atoms with Gasteiger partial charge in [-0.15, -0.1) is 0 Å². The topological polar surface area (TPSA) is 22.2 Å². The van der Waals surface area contributed by atoms with Crippen LogP contribution in [0.15, 0.2) is 356 Å². The Morgan fingerprint density at radius 1 is 0.320 bits per heavy atom. The number of fused-ring (bicyclic) bond motifs is 17. The molecule has 0 aromatic heterocycles. The number of benzene rings is 15. The number of ether oxygens (including phenoxy) is 1. The summed E-state index contributed by atoms with van der Waals surface area (Å²) >= 11 is 1.90. The lowest BCUT2D eigenvalue weighted by Crippen LogP contribution is -2.62. The van der Waals surface area contributed by atoms with Crippen molar-refractivity contribution in [2.45, 2.75) is 41.4 Å². The predicted octanol–water partition coefficient (Wildman–Crippen LogP) is 21.1. The van der Waals surface area contributed by atoms with Gasteiger partial charge in [-0.1, -0.05) is 281 Å². The summed E-state index contributed by atoms with van der Waals surface area (Å²) in [5, 5.41) is 0. The first-order valence-corrected chi connectivity index (χ1v) is 36.7. The highest BCUT2D eigenvalue weighted by molar-refractivity contribution is 7.99. The van der Waals surface area contributed by atoms with Crippen LogP contribution in [0, 0.1) is 0 Å². The third-order valence-electron chi connectivity index (χ3n) is 22.4. The lowest BCUT2D eigenvalue weighted by atomic mass is 9.33. The first kappa shape index (κ1) is 59.6. The highest BCUT2D eigenvalue weighted by Crippen LogP contribution is 2.64. The molecule has 0 unspecified atom stereocenters. The molecule has 5 aliphatic heterocycles. The lowest BCUT2D eigenvalue weighted by molar-refractivity contribution is 0.485. The Kier molecular flexibility index (Phi) is 13.3. The quantitative estimate of drug-likeness (QED) is 0.140. The summed E-state index contributed by atoms with van der Waals surface area (Å²) < 4.78 is 7.82. The Morgan fingerprint density at radius 3 is 1.30 bits per heavy atom. The molecule has 0 radical (unpaired) electrons. The summed E-state index contributed by atoms with van der Waals surface area (Å²) in [6.07, 6.45) is 0. The first-order chi connectivity index (χ1) is 50.8. The van der Waals surface area contributed by atoms with Crippen molar-refractivity contribution in [3.8, 4) is 44.9 Å². The summed E-state index contributed by atoms with van der Waals surface area (Å²) in [4.78, 5) is 12.5. The van der Waals surface area contributed by atoms with Gasteiger partial charge in [0.15, 0.2) is 0 Å². The molecule has 21 rings (SSSR count). The van der Waals surface area contributed by atoms with Crippen molar-refractivity contribution in [1.29, 1.82) is 0 Å². The average molecular weight is 1330 g/mol. The van der Waals surface area contributed by atoms with Gasteiger partial charge in [0.05, 0.1) is 16.8 Å². The van der Waals surface area contributed by atoms with Crippen LogP contribution < -0.4 is 57.1 Å². The van der Waals surface area contributed by atoms with E-state index in [1.165, 1.54) is 87.6 Å². The van der Waals surface area contributed by atoms with Gasteiger partial charge in [0, 0.05) is 83.9 Å². The van der Waals surface area contributed by atoms with Crippen LogP contribution in [0.5, 0.6) is 11.5 Å². The van der Waals surface area contributed by atoms with E-state index in [2.05, 4.69) is 386 Å². The molecule has 0 fully saturated rings. The summed E-state index contributed by atoms with van der Waals surface area (Å²) in [6.45, 7) is 6.74. The molecule has 0 atom stereocenters. The standard InChI is InChI=1S/C95H66B2N4OS/c1-94(2,3)63-53-84-91-85(54-63)101(93-69(61-31-10-4-11-32-61)45-30-46-70(93)62-33-12-5-13-34-62)83-59-89-75(57-79(83)96(91)77-49-26-28-51-81(77)99(84)66-39-18-8-19-40-66)95(73-47-24-22-43-71(73)72-44-23-25-48-74(72)95)76-58-80-87(60-90(76)103-89)102-88-56-68(98(64-35-14-6-15-36-64)65-37-16-7-17-38-65)55-86-92(88)97(80)78-50-27-29-52-82(78)100(86)67-41-20-9-21-42-67/h4-60H,1-3H3. The van der Waals surface area contributed by atoms with E-state index in [-0.39, 0.29) is 18.8 Å². The SMILES string of the molecule is CC(C)(C)c1cc2c3c(c1)N(c1c(-c4ccccc4)cccc1-c1ccccc1)c1cc4c(cc1B3c1ccccc1N2c1ccccc1)C1(c2cc3c(cc2S4)Oc2cc(N(c4ccccc4)c4ccccc4)cc4c2B3c2ccccc2N4c2ccccc2)c2ccccc2-c2ccccc21. The van der Waals surface area contributed by atoms with Gasteiger partial charge in [0.1, 0.15) is 11.5 Å². The van der Waals surface area contributed by atoms with Gasteiger partial charge < -0.3 is 24.3 Å². The second-order valence-corrected chi connectivity index (χ2v) is 30.1. The third kappa shape index (κ3) is 8.84. The third-order valence-corrected chi connectivity index (χ3v) is 23.5. The zero-order valence-electron chi connectivity index (χ0n) is 57.2. The number of hydrogen-bond donors (Lipinski definition) is 0. The van der Waals surface area contributed by atoms with Gasteiger partial charge in [-0.25, -0.2) is 0 Å². The van der Waals surface area contributed by atoms with Gasteiger partial charge >= 0.3 is 0 Å². The number of hydrogen-bond acceptors (Lipinski definition) is 6. The van der Waals surface area contributed by atoms with Crippen molar-refractivity contribution < 1.29 is 4.74 Å². The smallest absolute Gasteiger partial charge is 0.256 e. The molecule has 0 bridgehead atoms. The van der Waals surface area contributed by atoms with E-state index in [0.29, 0.717) is 0 Å². The fourth-order valence-electron chi connectivity index (χ4n) is 18.1. The van der Waals surface area contributed by atoms with Gasteiger partial charge in [0.2, 0.25) is 0 Å². The first-order valence-electron chi connectivity index (χ1n) is 35.9. The Balaban J connectivity index is 0.867. The van der Waals surface area contributed by atoms with E-state index in [0.717, 1.165) is 95.9 Å². The Hall–Kier alpha value is -12.2. The predicted molar refractivity (Wildman–Crippen MR) is 432 cm³/mol. The maximum Gasteiger partial charge on any atom is 0.256 e. The van der Waals surface area contributed by atoms with Crippen molar-refractivity contribution in [3.63, 3.8) is 0 Å². The minimum absolute atomic E-state index is 0.172. The van der Waals surface area contributed by atoms with Crippen LogP contribution in [-0.2, 0) is 10.8 Å². The molecular weight excluding hydrogens is 1270 g/mol. The molecule has 6 aliphatic rings. The normalized spacial score (nSPS) is 14.0. The largest absolute Gasteiger partial charge is 0.458 e. The van der Waals surface area contributed by atoms with Crippen LogP contribution in [0.4, 0.5) is 68.2 Å². The Morgan fingerprint density at radius 2 is 0.757 bits per heavy atom. The van der Waals surface area contributed by atoms with Crippen molar-refractivity contribution >= 4 is 126 Å². The zero-order chi connectivity index (χ0) is 68.2. The van der Waals surface area contributed by atoms with Crippen molar-refractivity contribution in [3.05, 3.63) is 374 Å². The average Bonchev–Trinajstić information content (AvgIpc) is 1.66. The molecule has 103 heavy (non-hydrogen) atoms. The maximum atomic E-state index is 7.82. The molecule has 0 N–H and O–H groups in total. The summed E-state index contributed by atoms with van der Waals surface area (Å²) in [6, 6.07) is 130.